The third-order valence-electron chi connectivity index (χ3n) is 4.21. The van der Waals surface area contributed by atoms with E-state index in [2.05, 4.69) is 5.32 Å². The van der Waals surface area contributed by atoms with E-state index in [0.29, 0.717) is 6.42 Å². The van der Waals surface area contributed by atoms with E-state index < -0.39 is 54.1 Å². The average molecular weight is 343 g/mol. The zero-order chi connectivity index (χ0) is 17.3. The first kappa shape index (κ1) is 16.8. The van der Waals surface area contributed by atoms with E-state index in [1.165, 1.54) is 0 Å². The molecule has 4 atom stereocenters. The van der Waals surface area contributed by atoms with Crippen molar-refractivity contribution in [1.82, 2.24) is 14.9 Å². The van der Waals surface area contributed by atoms with Crippen molar-refractivity contribution in [2.45, 2.75) is 43.7 Å². The van der Waals surface area contributed by atoms with Gasteiger partial charge in [-0.05, 0) is 19.4 Å². The van der Waals surface area contributed by atoms with Gasteiger partial charge in [-0.25, -0.2) is 4.79 Å². The van der Waals surface area contributed by atoms with Crippen LogP contribution < -0.4 is 16.6 Å². The number of carbonyl (C=O) groups is 1. The molecule has 1 aromatic rings. The smallest absolute Gasteiger partial charge is 0.330 e. The molecular formula is C14H18FN3O6. The lowest BCUT2D eigenvalue weighted by atomic mass is 10.1. The molecule has 0 unspecified atom stereocenters. The molecule has 0 saturated carbocycles. The number of aliphatic hydroxyl groups excluding tert-OH is 1. The second kappa shape index (κ2) is 6.83. The summed E-state index contributed by atoms with van der Waals surface area (Å²) in [5.41, 5.74) is -1.96. The summed E-state index contributed by atoms with van der Waals surface area (Å²) < 4.78 is 25.1. The van der Waals surface area contributed by atoms with Crippen LogP contribution in [-0.4, -0.2) is 52.0 Å². The Morgan fingerprint density at radius 2 is 2.29 bits per heavy atom. The summed E-state index contributed by atoms with van der Waals surface area (Å²) in [7, 11) is 0. The lowest BCUT2D eigenvalue weighted by molar-refractivity contribution is -0.155. The number of H-pyrrole nitrogens is 1. The van der Waals surface area contributed by atoms with E-state index in [1.807, 2.05) is 4.98 Å². The summed E-state index contributed by atoms with van der Waals surface area (Å²) in [6, 6.07) is -0.392. The Morgan fingerprint density at radius 3 is 2.96 bits per heavy atom. The lowest BCUT2D eigenvalue weighted by Crippen LogP contribution is -2.38. The van der Waals surface area contributed by atoms with Crippen LogP contribution in [0.15, 0.2) is 15.8 Å². The fourth-order valence-corrected chi connectivity index (χ4v) is 2.95. The van der Waals surface area contributed by atoms with E-state index in [9.17, 15) is 23.9 Å². The van der Waals surface area contributed by atoms with Gasteiger partial charge in [0.05, 0.1) is 12.8 Å². The molecule has 3 N–H and O–H groups in total. The standard InChI is InChI=1S/C14H18FN3O6/c15-7-5-18(14(22)17-12(7)20)11-4-9(10(6-19)23-11)24-13(21)8-2-1-3-16-8/h5,8-11,16,19H,1-4,6H2,(H,17,20,22)/t8-,9-,10+,11+/m0/s1. The number of halogens is 1. The molecule has 0 radical (unpaired) electrons. The van der Waals surface area contributed by atoms with Crippen LogP contribution >= 0.6 is 0 Å². The summed E-state index contributed by atoms with van der Waals surface area (Å²) in [6.07, 6.45) is -0.198. The number of aliphatic hydroxyl groups is 1. The summed E-state index contributed by atoms with van der Waals surface area (Å²) in [5, 5.41) is 12.4. The Labute approximate surface area is 135 Å². The predicted molar refractivity (Wildman–Crippen MR) is 77.8 cm³/mol. The number of hydrogen-bond donors (Lipinski definition) is 3. The molecule has 2 saturated heterocycles. The van der Waals surface area contributed by atoms with Crippen molar-refractivity contribution in [2.75, 3.05) is 13.2 Å². The van der Waals surface area contributed by atoms with Gasteiger partial charge in [0.2, 0.25) is 5.82 Å². The first-order chi connectivity index (χ1) is 11.5. The second-order valence-electron chi connectivity index (χ2n) is 5.82. The molecule has 0 aromatic carbocycles. The molecule has 0 amide bonds. The van der Waals surface area contributed by atoms with Crippen molar-refractivity contribution >= 4 is 5.97 Å². The van der Waals surface area contributed by atoms with Crippen molar-refractivity contribution < 1.29 is 23.8 Å². The Morgan fingerprint density at radius 1 is 1.50 bits per heavy atom. The minimum Gasteiger partial charge on any atom is -0.458 e. The van der Waals surface area contributed by atoms with Gasteiger partial charge in [-0.3, -0.25) is 19.1 Å². The van der Waals surface area contributed by atoms with E-state index in [-0.39, 0.29) is 6.42 Å². The summed E-state index contributed by atoms with van der Waals surface area (Å²) >= 11 is 0. The zero-order valence-corrected chi connectivity index (χ0v) is 12.7. The van der Waals surface area contributed by atoms with Gasteiger partial charge < -0.3 is 19.9 Å². The van der Waals surface area contributed by atoms with E-state index >= 15 is 0 Å². The third-order valence-corrected chi connectivity index (χ3v) is 4.21. The number of esters is 1. The van der Waals surface area contributed by atoms with Gasteiger partial charge in [0.15, 0.2) is 0 Å². The zero-order valence-electron chi connectivity index (χ0n) is 12.7. The minimum absolute atomic E-state index is 0.0646. The Bertz CT molecular complexity index is 726. The Hall–Kier alpha value is -2.04. The highest BCUT2D eigenvalue weighted by atomic mass is 19.1. The first-order valence-electron chi connectivity index (χ1n) is 7.70. The molecule has 10 heteroatoms. The molecule has 9 nitrogen and oxygen atoms in total. The third kappa shape index (κ3) is 3.25. The van der Waals surface area contributed by atoms with Crippen molar-refractivity contribution in [2.24, 2.45) is 0 Å². The van der Waals surface area contributed by atoms with Crippen LogP contribution in [0.25, 0.3) is 0 Å². The molecular weight excluding hydrogens is 325 g/mol. The quantitative estimate of drug-likeness (QED) is 0.576. The second-order valence-corrected chi connectivity index (χ2v) is 5.82. The summed E-state index contributed by atoms with van der Waals surface area (Å²) in [4.78, 5) is 36.8. The van der Waals surface area contributed by atoms with Gasteiger partial charge in [-0.15, -0.1) is 0 Å². The molecule has 132 valence electrons. The summed E-state index contributed by atoms with van der Waals surface area (Å²) in [6.45, 7) is 0.312. The minimum atomic E-state index is -1.13. The highest BCUT2D eigenvalue weighted by Crippen LogP contribution is 2.30. The van der Waals surface area contributed by atoms with Gasteiger partial charge in [0, 0.05) is 6.42 Å². The SMILES string of the molecule is O=C(O[C@H]1C[C@H](n2cc(F)c(=O)[nH]c2=O)O[C@@H]1CO)[C@@H]1CCCN1. The van der Waals surface area contributed by atoms with Crippen molar-refractivity contribution in [3.05, 3.63) is 32.9 Å². The number of hydrogen-bond acceptors (Lipinski definition) is 7. The number of aromatic nitrogens is 2. The molecule has 3 heterocycles. The number of nitrogens with zero attached hydrogens (tertiary/aromatic N) is 1. The Balaban J connectivity index is 1.74. The summed E-state index contributed by atoms with van der Waals surface area (Å²) in [5.74, 6) is -1.57. The van der Waals surface area contributed by atoms with Gasteiger partial charge in [-0.1, -0.05) is 0 Å². The lowest BCUT2D eigenvalue weighted by Gasteiger charge is -2.18. The van der Waals surface area contributed by atoms with Gasteiger partial charge in [-0.2, -0.15) is 4.39 Å². The fourth-order valence-electron chi connectivity index (χ4n) is 2.95. The van der Waals surface area contributed by atoms with Crippen LogP contribution in [0, 0.1) is 5.82 Å². The first-order valence-corrected chi connectivity index (χ1v) is 7.70. The van der Waals surface area contributed by atoms with Gasteiger partial charge in [0.25, 0.3) is 5.56 Å². The normalized spacial score (nSPS) is 29.8. The van der Waals surface area contributed by atoms with Gasteiger partial charge >= 0.3 is 11.7 Å². The van der Waals surface area contributed by atoms with E-state index in [0.717, 1.165) is 23.7 Å². The molecule has 0 spiro atoms. The molecule has 0 bridgehead atoms. The maximum atomic E-state index is 13.4. The van der Waals surface area contributed by atoms with Crippen LogP contribution in [0.3, 0.4) is 0 Å². The maximum Gasteiger partial charge on any atom is 0.330 e. The van der Waals surface area contributed by atoms with Crippen LogP contribution in [-0.2, 0) is 14.3 Å². The average Bonchev–Trinajstić information content (AvgIpc) is 3.20. The molecule has 24 heavy (non-hydrogen) atoms. The number of carbonyl (C=O) groups excluding carboxylic acids is 1. The van der Waals surface area contributed by atoms with Crippen LogP contribution in [0.5, 0.6) is 0 Å². The predicted octanol–water partition coefficient (Wildman–Crippen LogP) is -1.38. The van der Waals surface area contributed by atoms with Crippen molar-refractivity contribution in [3.8, 4) is 0 Å². The molecule has 0 aliphatic carbocycles. The van der Waals surface area contributed by atoms with Crippen molar-refractivity contribution in [1.29, 1.82) is 0 Å². The number of rotatable bonds is 4. The molecule has 2 aliphatic heterocycles. The molecule has 2 fully saturated rings. The van der Waals surface area contributed by atoms with Gasteiger partial charge in [0.1, 0.15) is 24.5 Å². The largest absolute Gasteiger partial charge is 0.458 e. The maximum absolute atomic E-state index is 13.4. The van der Waals surface area contributed by atoms with Crippen molar-refractivity contribution in [3.63, 3.8) is 0 Å². The Kier molecular flexibility index (Phi) is 4.78. The highest BCUT2D eigenvalue weighted by molar-refractivity contribution is 5.76. The molecule has 1 aromatic heterocycles. The molecule has 3 rings (SSSR count). The van der Waals surface area contributed by atoms with E-state index in [1.54, 1.807) is 0 Å². The number of nitrogens with one attached hydrogen (secondary N) is 2. The van der Waals surface area contributed by atoms with Crippen LogP contribution in [0.1, 0.15) is 25.5 Å². The van der Waals surface area contributed by atoms with Crippen LogP contribution in [0.4, 0.5) is 4.39 Å². The highest BCUT2D eigenvalue weighted by Gasteiger charge is 2.40. The number of ether oxygens (including phenoxy) is 2. The van der Waals surface area contributed by atoms with Crippen LogP contribution in [0.2, 0.25) is 0 Å². The van der Waals surface area contributed by atoms with E-state index in [4.69, 9.17) is 9.47 Å². The fraction of sp³-hybridized carbons (Fsp3) is 0.643. The molecule has 2 aliphatic rings. The number of aromatic amines is 1. The topological polar surface area (TPSA) is 123 Å². The monoisotopic (exact) mass is 343 g/mol.